The number of benzene rings is 3. The van der Waals surface area contributed by atoms with Crippen molar-refractivity contribution in [2.24, 2.45) is 0 Å². The van der Waals surface area contributed by atoms with Crippen LogP contribution in [-0.2, 0) is 11.3 Å². The highest BCUT2D eigenvalue weighted by Crippen LogP contribution is 2.38. The fraction of sp³-hybridized carbons (Fsp3) is 0.214. The van der Waals surface area contributed by atoms with E-state index in [1.54, 1.807) is 20.4 Å². The lowest BCUT2D eigenvalue weighted by Crippen LogP contribution is -2.14. The first-order chi connectivity index (χ1) is 16.9. The molecule has 0 aliphatic carbocycles. The minimum Gasteiger partial charge on any atom is -0.493 e. The number of nitrogens with zero attached hydrogens (tertiary/aromatic N) is 1. The van der Waals surface area contributed by atoms with Crippen molar-refractivity contribution >= 4 is 34.0 Å². The van der Waals surface area contributed by atoms with Gasteiger partial charge >= 0.3 is 0 Å². The van der Waals surface area contributed by atoms with E-state index in [1.165, 1.54) is 5.56 Å². The molecule has 0 aliphatic heterocycles. The van der Waals surface area contributed by atoms with Crippen LogP contribution < -0.4 is 19.5 Å². The molecule has 0 saturated carbocycles. The quantitative estimate of drug-likeness (QED) is 0.284. The first-order valence-corrected chi connectivity index (χ1v) is 11.6. The van der Waals surface area contributed by atoms with Crippen LogP contribution in [0.25, 0.3) is 10.9 Å². The first-order valence-electron chi connectivity index (χ1n) is 11.2. The third-order valence-electron chi connectivity index (χ3n) is 5.89. The lowest BCUT2D eigenvalue weighted by atomic mass is 10.1. The molecule has 1 N–H and O–H groups in total. The molecule has 3 aromatic carbocycles. The van der Waals surface area contributed by atoms with E-state index < -0.39 is 0 Å². The van der Waals surface area contributed by atoms with Crippen LogP contribution in [0.4, 0.5) is 5.69 Å². The van der Waals surface area contributed by atoms with Gasteiger partial charge in [0.05, 0.1) is 19.7 Å². The highest BCUT2D eigenvalue weighted by molar-refractivity contribution is 7.80. The molecule has 180 valence electrons. The number of thiocarbonyl (C=S) groups is 1. The molecular formula is C28H28N2O4S. The standard InChI is InChI=1S/C28H28N2O4S/c1-17-6-8-20(9-7-17)16-33-28(35)30-22-10-11-24(19(3)18(22)2)34-25-12-13-29-23-15-27(32-5)26(31-4)14-21(23)25/h6-15H,16H2,1-5H3,(H,30,35). The van der Waals surface area contributed by atoms with E-state index in [2.05, 4.69) is 29.4 Å². The zero-order valence-corrected chi connectivity index (χ0v) is 21.3. The molecule has 0 unspecified atom stereocenters. The van der Waals surface area contributed by atoms with Crippen LogP contribution in [0, 0.1) is 20.8 Å². The van der Waals surface area contributed by atoms with Crippen molar-refractivity contribution in [1.29, 1.82) is 0 Å². The molecular weight excluding hydrogens is 460 g/mol. The number of hydrogen-bond donors (Lipinski definition) is 1. The van der Waals surface area contributed by atoms with Gasteiger partial charge in [-0.3, -0.25) is 4.98 Å². The van der Waals surface area contributed by atoms with E-state index in [1.807, 2.05) is 56.3 Å². The number of ether oxygens (including phenoxy) is 4. The van der Waals surface area contributed by atoms with Gasteiger partial charge in [0.15, 0.2) is 11.5 Å². The lowest BCUT2D eigenvalue weighted by molar-refractivity contribution is 0.300. The number of hydrogen-bond acceptors (Lipinski definition) is 6. The summed E-state index contributed by atoms with van der Waals surface area (Å²) in [6.07, 6.45) is 1.71. The van der Waals surface area contributed by atoms with E-state index in [9.17, 15) is 0 Å². The van der Waals surface area contributed by atoms with E-state index >= 15 is 0 Å². The third-order valence-corrected chi connectivity index (χ3v) is 6.11. The van der Waals surface area contributed by atoms with Gasteiger partial charge in [0, 0.05) is 23.3 Å². The van der Waals surface area contributed by atoms with E-state index in [0.29, 0.717) is 29.0 Å². The maximum absolute atomic E-state index is 6.32. The average Bonchev–Trinajstić information content (AvgIpc) is 2.87. The summed E-state index contributed by atoms with van der Waals surface area (Å²) in [6, 6.07) is 17.6. The topological polar surface area (TPSA) is 61.8 Å². The molecule has 7 heteroatoms. The van der Waals surface area contributed by atoms with Crippen molar-refractivity contribution in [3.05, 3.63) is 83.0 Å². The van der Waals surface area contributed by atoms with Gasteiger partial charge in [-0.15, -0.1) is 0 Å². The first kappa shape index (κ1) is 24.3. The number of aromatic nitrogens is 1. The summed E-state index contributed by atoms with van der Waals surface area (Å²) >= 11 is 5.41. The Hall–Kier alpha value is -3.84. The van der Waals surface area contributed by atoms with Crippen LogP contribution in [0.3, 0.4) is 0 Å². The molecule has 0 saturated heterocycles. The lowest BCUT2D eigenvalue weighted by Gasteiger charge is -2.17. The second-order valence-electron chi connectivity index (χ2n) is 8.18. The monoisotopic (exact) mass is 488 g/mol. The number of anilines is 1. The minimum atomic E-state index is 0.322. The molecule has 0 fully saturated rings. The van der Waals surface area contributed by atoms with Gasteiger partial charge in [-0.1, -0.05) is 29.8 Å². The highest BCUT2D eigenvalue weighted by Gasteiger charge is 2.14. The van der Waals surface area contributed by atoms with Crippen LogP contribution in [0.2, 0.25) is 0 Å². The number of nitrogens with one attached hydrogen (secondary N) is 1. The minimum absolute atomic E-state index is 0.322. The van der Waals surface area contributed by atoms with Crippen LogP contribution in [0.1, 0.15) is 22.3 Å². The van der Waals surface area contributed by atoms with Gasteiger partial charge in [0.2, 0.25) is 0 Å². The average molecular weight is 489 g/mol. The molecule has 0 radical (unpaired) electrons. The van der Waals surface area contributed by atoms with Gasteiger partial charge in [-0.05, 0) is 73.9 Å². The molecule has 1 heterocycles. The summed E-state index contributed by atoms with van der Waals surface area (Å²) in [4.78, 5) is 4.44. The predicted molar refractivity (Wildman–Crippen MR) is 143 cm³/mol. The number of rotatable bonds is 7. The predicted octanol–water partition coefficient (Wildman–Crippen LogP) is 6.88. The molecule has 0 spiro atoms. The van der Waals surface area contributed by atoms with Crippen molar-refractivity contribution < 1.29 is 18.9 Å². The van der Waals surface area contributed by atoms with Crippen molar-refractivity contribution in [2.75, 3.05) is 19.5 Å². The summed E-state index contributed by atoms with van der Waals surface area (Å²) in [5.41, 5.74) is 5.90. The largest absolute Gasteiger partial charge is 0.493 e. The Labute approximate surface area is 210 Å². The van der Waals surface area contributed by atoms with Crippen LogP contribution in [0.15, 0.2) is 60.8 Å². The van der Waals surface area contributed by atoms with Crippen molar-refractivity contribution in [1.82, 2.24) is 4.98 Å². The molecule has 0 atom stereocenters. The van der Waals surface area contributed by atoms with Gasteiger partial charge in [0.25, 0.3) is 5.17 Å². The highest BCUT2D eigenvalue weighted by atomic mass is 32.1. The number of aryl methyl sites for hydroxylation is 1. The Balaban J connectivity index is 1.51. The Morgan fingerprint density at radius 3 is 2.26 bits per heavy atom. The normalized spacial score (nSPS) is 10.7. The van der Waals surface area contributed by atoms with Crippen molar-refractivity contribution in [2.45, 2.75) is 27.4 Å². The number of methoxy groups -OCH3 is 2. The molecule has 35 heavy (non-hydrogen) atoms. The Kier molecular flexibility index (Phi) is 7.36. The molecule has 4 rings (SSSR count). The Morgan fingerprint density at radius 1 is 0.829 bits per heavy atom. The molecule has 1 aromatic heterocycles. The summed E-state index contributed by atoms with van der Waals surface area (Å²) in [6.45, 7) is 6.50. The Morgan fingerprint density at radius 2 is 1.54 bits per heavy atom. The van der Waals surface area contributed by atoms with Gasteiger partial charge < -0.3 is 24.3 Å². The van der Waals surface area contributed by atoms with E-state index in [-0.39, 0.29) is 0 Å². The second kappa shape index (κ2) is 10.6. The SMILES string of the molecule is COc1cc2nccc(Oc3ccc(NC(=S)OCc4ccc(C)cc4)c(C)c3C)c2cc1OC. The molecule has 0 amide bonds. The Bertz CT molecular complexity index is 1370. The third kappa shape index (κ3) is 5.46. The summed E-state index contributed by atoms with van der Waals surface area (Å²) < 4.78 is 22.9. The zero-order chi connectivity index (χ0) is 24.9. The summed E-state index contributed by atoms with van der Waals surface area (Å²) in [5, 5.41) is 4.35. The molecule has 4 aromatic rings. The fourth-order valence-electron chi connectivity index (χ4n) is 3.68. The van der Waals surface area contributed by atoms with E-state index in [0.717, 1.165) is 39.0 Å². The number of fused-ring (bicyclic) bond motifs is 1. The number of pyridine rings is 1. The smallest absolute Gasteiger partial charge is 0.261 e. The van der Waals surface area contributed by atoms with Gasteiger partial charge in [0.1, 0.15) is 18.1 Å². The van der Waals surface area contributed by atoms with Crippen LogP contribution >= 0.6 is 12.2 Å². The zero-order valence-electron chi connectivity index (χ0n) is 20.5. The summed E-state index contributed by atoms with van der Waals surface area (Å²) in [7, 11) is 3.21. The van der Waals surface area contributed by atoms with E-state index in [4.69, 9.17) is 31.2 Å². The van der Waals surface area contributed by atoms with Gasteiger partial charge in [-0.25, -0.2) is 0 Å². The van der Waals surface area contributed by atoms with Crippen molar-refractivity contribution in [3.63, 3.8) is 0 Å². The maximum atomic E-state index is 6.32. The molecule has 6 nitrogen and oxygen atoms in total. The maximum Gasteiger partial charge on any atom is 0.261 e. The van der Waals surface area contributed by atoms with Crippen molar-refractivity contribution in [3.8, 4) is 23.0 Å². The van der Waals surface area contributed by atoms with Gasteiger partial charge in [-0.2, -0.15) is 0 Å². The summed E-state index contributed by atoms with van der Waals surface area (Å²) in [5.74, 6) is 2.65. The van der Waals surface area contributed by atoms with Crippen LogP contribution in [-0.4, -0.2) is 24.4 Å². The van der Waals surface area contributed by atoms with Crippen LogP contribution in [0.5, 0.6) is 23.0 Å². The molecule has 0 aliphatic rings. The second-order valence-corrected chi connectivity index (χ2v) is 8.55. The molecule has 0 bridgehead atoms. The fourth-order valence-corrected chi connectivity index (χ4v) is 3.84.